The molecule has 0 unspecified atom stereocenters. The van der Waals surface area contributed by atoms with Gasteiger partial charge in [-0.25, -0.2) is 9.97 Å². The molecule has 0 aromatic carbocycles. The van der Waals surface area contributed by atoms with Crippen molar-refractivity contribution in [1.82, 2.24) is 9.97 Å². The molecule has 0 aliphatic heterocycles. The van der Waals surface area contributed by atoms with Crippen LogP contribution in [0.4, 0.5) is 11.6 Å². The van der Waals surface area contributed by atoms with Crippen molar-refractivity contribution in [3.8, 4) is 0 Å². The normalized spacial score (nSPS) is 10.6. The molecule has 0 aliphatic carbocycles. The fraction of sp³-hybridized carbons (Fsp3) is 0.545. The van der Waals surface area contributed by atoms with Crippen molar-refractivity contribution in [2.45, 2.75) is 33.2 Å². The van der Waals surface area contributed by atoms with Crippen LogP contribution in [0, 0.1) is 0 Å². The number of carbonyl (C=O) groups excluding carboxylic acids is 1. The summed E-state index contributed by atoms with van der Waals surface area (Å²) in [5, 5.41) is 0. The Balaban J connectivity index is 3.08. The Morgan fingerprint density at radius 2 is 2.12 bits per heavy atom. The highest BCUT2D eigenvalue weighted by molar-refractivity contribution is 5.79. The summed E-state index contributed by atoms with van der Waals surface area (Å²) in [6, 6.07) is 1.77. The van der Waals surface area contributed by atoms with Crippen LogP contribution in [0.15, 0.2) is 6.07 Å². The van der Waals surface area contributed by atoms with E-state index in [1.54, 1.807) is 11.0 Å². The number of carbonyl (C=O) groups is 1. The predicted molar refractivity (Wildman–Crippen MR) is 67.5 cm³/mol. The Morgan fingerprint density at radius 1 is 1.47 bits per heavy atom. The molecule has 1 amide bonds. The second-order valence-electron chi connectivity index (χ2n) is 4.11. The van der Waals surface area contributed by atoms with Crippen LogP contribution in [0.25, 0.3) is 0 Å². The van der Waals surface area contributed by atoms with Gasteiger partial charge in [0.2, 0.25) is 5.91 Å². The second kappa shape index (κ2) is 5.47. The van der Waals surface area contributed by atoms with E-state index in [1.165, 1.54) is 0 Å². The summed E-state index contributed by atoms with van der Waals surface area (Å²) in [5.74, 6) is 1.31. The molecule has 0 spiro atoms. The summed E-state index contributed by atoms with van der Waals surface area (Å²) in [6.45, 7) is 6.00. The lowest BCUT2D eigenvalue weighted by Crippen LogP contribution is -2.39. The number of hydrogen-bond donors (Lipinski definition) is 2. The zero-order valence-electron chi connectivity index (χ0n) is 10.5. The van der Waals surface area contributed by atoms with Crippen molar-refractivity contribution in [2.75, 3.05) is 17.2 Å². The van der Waals surface area contributed by atoms with Crippen molar-refractivity contribution in [1.29, 1.82) is 0 Å². The minimum Gasteiger partial charge on any atom is -0.384 e. The molecule has 6 heteroatoms. The molecule has 0 saturated carbocycles. The largest absolute Gasteiger partial charge is 0.384 e. The first-order chi connectivity index (χ1) is 7.93. The van der Waals surface area contributed by atoms with Gasteiger partial charge in [-0.05, 0) is 13.8 Å². The Kier molecular flexibility index (Phi) is 4.25. The zero-order chi connectivity index (χ0) is 13.0. The summed E-state index contributed by atoms with van der Waals surface area (Å²) >= 11 is 0. The molecule has 0 aliphatic rings. The average molecular weight is 237 g/mol. The number of nitrogen functional groups attached to an aromatic ring is 1. The van der Waals surface area contributed by atoms with Crippen LogP contribution in [-0.2, 0) is 11.2 Å². The summed E-state index contributed by atoms with van der Waals surface area (Å²) in [6.07, 6.45) is 0.695. The SMILES string of the molecule is CCc1nc(N)cc(N(CC(N)=O)C(C)C)n1. The lowest BCUT2D eigenvalue weighted by molar-refractivity contribution is -0.116. The van der Waals surface area contributed by atoms with E-state index in [4.69, 9.17) is 11.5 Å². The highest BCUT2D eigenvalue weighted by Gasteiger charge is 2.15. The molecule has 94 valence electrons. The molecule has 6 nitrogen and oxygen atoms in total. The first-order valence-electron chi connectivity index (χ1n) is 5.62. The number of anilines is 2. The average Bonchev–Trinajstić information content (AvgIpc) is 2.24. The van der Waals surface area contributed by atoms with Crippen molar-refractivity contribution in [2.24, 2.45) is 5.73 Å². The molecule has 4 N–H and O–H groups in total. The quantitative estimate of drug-likeness (QED) is 0.768. The number of nitrogens with two attached hydrogens (primary N) is 2. The first kappa shape index (κ1) is 13.2. The number of hydrogen-bond acceptors (Lipinski definition) is 5. The molecule has 1 aromatic heterocycles. The van der Waals surface area contributed by atoms with Crippen LogP contribution in [0.5, 0.6) is 0 Å². The number of primary amides is 1. The van der Waals surface area contributed by atoms with Gasteiger partial charge < -0.3 is 16.4 Å². The topological polar surface area (TPSA) is 98.1 Å². The van der Waals surface area contributed by atoms with Crippen molar-refractivity contribution >= 4 is 17.5 Å². The number of amides is 1. The maximum atomic E-state index is 11.0. The van der Waals surface area contributed by atoms with Gasteiger partial charge in [-0.15, -0.1) is 0 Å². The summed E-state index contributed by atoms with van der Waals surface area (Å²) in [7, 11) is 0. The van der Waals surface area contributed by atoms with Gasteiger partial charge in [0, 0.05) is 18.5 Å². The standard InChI is InChI=1S/C11H19N5O/c1-4-10-14-8(12)5-11(15-10)16(7(2)3)6-9(13)17/h5,7H,4,6H2,1-3H3,(H2,13,17)(H2,12,14,15). The Bertz CT molecular complexity index is 405. The third-order valence-electron chi connectivity index (χ3n) is 2.34. The van der Waals surface area contributed by atoms with Gasteiger partial charge in [-0.2, -0.15) is 0 Å². The van der Waals surface area contributed by atoms with Gasteiger partial charge in [-0.3, -0.25) is 4.79 Å². The van der Waals surface area contributed by atoms with Crippen molar-refractivity contribution in [3.63, 3.8) is 0 Å². The smallest absolute Gasteiger partial charge is 0.237 e. The molecular weight excluding hydrogens is 218 g/mol. The fourth-order valence-electron chi connectivity index (χ4n) is 1.50. The minimum atomic E-state index is -0.395. The van der Waals surface area contributed by atoms with Crippen LogP contribution < -0.4 is 16.4 Å². The van der Waals surface area contributed by atoms with E-state index in [9.17, 15) is 4.79 Å². The lowest BCUT2D eigenvalue weighted by Gasteiger charge is -2.26. The summed E-state index contributed by atoms with van der Waals surface area (Å²) < 4.78 is 0. The fourth-order valence-corrected chi connectivity index (χ4v) is 1.50. The van der Waals surface area contributed by atoms with Gasteiger partial charge in [0.05, 0.1) is 6.54 Å². The van der Waals surface area contributed by atoms with E-state index in [0.717, 1.165) is 0 Å². The van der Waals surface area contributed by atoms with E-state index in [1.807, 2.05) is 20.8 Å². The molecule has 0 radical (unpaired) electrons. The number of rotatable bonds is 5. The Morgan fingerprint density at radius 3 is 2.59 bits per heavy atom. The van der Waals surface area contributed by atoms with Crippen molar-refractivity contribution < 1.29 is 4.79 Å². The second-order valence-corrected chi connectivity index (χ2v) is 4.11. The summed E-state index contributed by atoms with van der Waals surface area (Å²) in [4.78, 5) is 21.3. The molecule has 17 heavy (non-hydrogen) atoms. The predicted octanol–water partition coefficient (Wildman–Crippen LogP) is 0.321. The molecular formula is C11H19N5O. The van der Waals surface area contributed by atoms with Crippen molar-refractivity contribution in [3.05, 3.63) is 11.9 Å². The van der Waals surface area contributed by atoms with E-state index in [-0.39, 0.29) is 12.6 Å². The van der Waals surface area contributed by atoms with Gasteiger partial charge in [0.25, 0.3) is 0 Å². The van der Waals surface area contributed by atoms with Gasteiger partial charge in [-0.1, -0.05) is 6.92 Å². The van der Waals surface area contributed by atoms with E-state index in [2.05, 4.69) is 9.97 Å². The van der Waals surface area contributed by atoms with Crippen LogP contribution in [0.3, 0.4) is 0 Å². The molecule has 0 fully saturated rings. The Labute approximate surface area is 101 Å². The molecule has 1 heterocycles. The van der Waals surface area contributed by atoms with Gasteiger partial charge in [0.15, 0.2) is 0 Å². The van der Waals surface area contributed by atoms with Crippen LogP contribution >= 0.6 is 0 Å². The molecule has 1 rings (SSSR count). The van der Waals surface area contributed by atoms with Gasteiger partial charge >= 0.3 is 0 Å². The number of aryl methyl sites for hydroxylation is 1. The first-order valence-corrected chi connectivity index (χ1v) is 5.62. The molecule has 0 bridgehead atoms. The zero-order valence-corrected chi connectivity index (χ0v) is 10.5. The highest BCUT2D eigenvalue weighted by atomic mass is 16.1. The van der Waals surface area contributed by atoms with Crippen LogP contribution in [0.2, 0.25) is 0 Å². The van der Waals surface area contributed by atoms with E-state index >= 15 is 0 Å². The summed E-state index contributed by atoms with van der Waals surface area (Å²) in [5.41, 5.74) is 10.9. The van der Waals surface area contributed by atoms with E-state index in [0.29, 0.717) is 23.9 Å². The monoisotopic (exact) mass is 237 g/mol. The third-order valence-corrected chi connectivity index (χ3v) is 2.34. The minimum absolute atomic E-state index is 0.113. The molecule has 1 aromatic rings. The van der Waals surface area contributed by atoms with Gasteiger partial charge in [0.1, 0.15) is 17.5 Å². The maximum Gasteiger partial charge on any atom is 0.237 e. The molecule has 0 atom stereocenters. The van der Waals surface area contributed by atoms with Crippen LogP contribution in [0.1, 0.15) is 26.6 Å². The lowest BCUT2D eigenvalue weighted by atomic mass is 10.3. The third kappa shape index (κ3) is 3.58. The molecule has 0 saturated heterocycles. The number of nitrogens with zero attached hydrogens (tertiary/aromatic N) is 3. The van der Waals surface area contributed by atoms with Crippen LogP contribution in [-0.4, -0.2) is 28.5 Å². The number of aromatic nitrogens is 2. The Hall–Kier alpha value is -1.85. The maximum absolute atomic E-state index is 11.0. The van der Waals surface area contributed by atoms with E-state index < -0.39 is 5.91 Å². The highest BCUT2D eigenvalue weighted by Crippen LogP contribution is 2.16.